The van der Waals surface area contributed by atoms with Crippen LogP contribution in [0.2, 0.25) is 5.02 Å². The predicted molar refractivity (Wildman–Crippen MR) is 106 cm³/mol. The number of fused-ring (bicyclic) bond motifs is 1. The minimum atomic E-state index is -0.0185. The highest BCUT2D eigenvalue weighted by Gasteiger charge is 2.20. The minimum absolute atomic E-state index is 0.0185. The molecule has 26 heavy (non-hydrogen) atoms. The van der Waals surface area contributed by atoms with E-state index in [0.717, 1.165) is 22.3 Å². The molecule has 5 heteroatoms. The third-order valence-electron chi connectivity index (χ3n) is 4.75. The molecule has 2 N–H and O–H groups in total. The summed E-state index contributed by atoms with van der Waals surface area (Å²) in [5.74, 6) is 0. The molecule has 3 aromatic rings. The van der Waals surface area contributed by atoms with Gasteiger partial charge in [0.1, 0.15) is 0 Å². The van der Waals surface area contributed by atoms with E-state index < -0.39 is 0 Å². The lowest BCUT2D eigenvalue weighted by Gasteiger charge is -2.17. The number of H-pyrrole nitrogens is 1. The number of aromatic nitrogens is 1. The number of hydrogen-bond acceptors (Lipinski definition) is 1. The molecule has 1 aromatic heterocycles. The quantitative estimate of drug-likeness (QED) is 0.704. The molecule has 0 aliphatic carbocycles. The Hall–Kier alpha value is -2.72. The zero-order valence-corrected chi connectivity index (χ0v) is 15.1. The first-order valence-electron chi connectivity index (χ1n) is 8.73. The fourth-order valence-electron chi connectivity index (χ4n) is 3.35. The Labute approximate surface area is 157 Å². The molecule has 0 fully saturated rings. The molecule has 0 spiro atoms. The molecule has 1 aliphatic heterocycles. The number of rotatable bonds is 4. The van der Waals surface area contributed by atoms with E-state index in [1.165, 1.54) is 16.7 Å². The van der Waals surface area contributed by atoms with Crippen molar-refractivity contribution < 1.29 is 4.79 Å². The van der Waals surface area contributed by atoms with E-state index in [-0.39, 0.29) is 6.03 Å². The fraction of sp³-hybridized carbons (Fsp3) is 0.190. The van der Waals surface area contributed by atoms with Crippen molar-refractivity contribution in [1.82, 2.24) is 15.2 Å². The van der Waals surface area contributed by atoms with E-state index in [1.54, 1.807) is 0 Å². The van der Waals surface area contributed by atoms with Crippen LogP contribution in [0.15, 0.2) is 60.8 Å². The third kappa shape index (κ3) is 3.46. The standard InChI is InChI=1S/C21H20ClN3O/c22-18-6-7-19-16(13-24-20(19)12-18)8-10-23-21(26)25-11-9-17(14-25)15-4-2-1-3-5-15/h1-7,9,12-13,24H,8,10-11,14H2,(H,23,26). The van der Waals surface area contributed by atoms with Gasteiger partial charge in [0.25, 0.3) is 0 Å². The molecule has 132 valence electrons. The van der Waals surface area contributed by atoms with Gasteiger partial charge in [-0.3, -0.25) is 0 Å². The second-order valence-electron chi connectivity index (χ2n) is 6.46. The number of carbonyl (C=O) groups is 1. The Balaban J connectivity index is 1.31. The second-order valence-corrected chi connectivity index (χ2v) is 6.90. The van der Waals surface area contributed by atoms with Gasteiger partial charge < -0.3 is 15.2 Å². The van der Waals surface area contributed by atoms with E-state index in [2.05, 4.69) is 28.5 Å². The summed E-state index contributed by atoms with van der Waals surface area (Å²) in [6.07, 6.45) is 4.89. The van der Waals surface area contributed by atoms with Crippen molar-refractivity contribution in [3.8, 4) is 0 Å². The Bertz CT molecular complexity index is 962. The van der Waals surface area contributed by atoms with Gasteiger partial charge in [0.15, 0.2) is 0 Å². The molecular formula is C21H20ClN3O. The summed E-state index contributed by atoms with van der Waals surface area (Å²) < 4.78 is 0. The highest BCUT2D eigenvalue weighted by atomic mass is 35.5. The van der Waals surface area contributed by atoms with Gasteiger partial charge in [-0.15, -0.1) is 0 Å². The smallest absolute Gasteiger partial charge is 0.317 e. The largest absolute Gasteiger partial charge is 0.361 e. The molecule has 4 nitrogen and oxygen atoms in total. The summed E-state index contributed by atoms with van der Waals surface area (Å²) in [7, 11) is 0. The van der Waals surface area contributed by atoms with E-state index in [4.69, 9.17) is 11.6 Å². The van der Waals surface area contributed by atoms with Crippen LogP contribution in [0.5, 0.6) is 0 Å². The minimum Gasteiger partial charge on any atom is -0.361 e. The average molecular weight is 366 g/mol. The number of carbonyl (C=O) groups excluding carboxylic acids is 1. The van der Waals surface area contributed by atoms with E-state index >= 15 is 0 Å². The molecule has 0 radical (unpaired) electrons. The number of nitrogens with zero attached hydrogens (tertiary/aromatic N) is 1. The Kier molecular flexibility index (Phi) is 4.67. The molecule has 1 aliphatic rings. The van der Waals surface area contributed by atoms with Gasteiger partial charge in [-0.25, -0.2) is 4.79 Å². The summed E-state index contributed by atoms with van der Waals surface area (Å²) in [5.41, 5.74) is 4.59. The molecule has 0 bridgehead atoms. The lowest BCUT2D eigenvalue weighted by molar-refractivity contribution is 0.211. The van der Waals surface area contributed by atoms with Crippen LogP contribution in [0, 0.1) is 0 Å². The maximum Gasteiger partial charge on any atom is 0.317 e. The molecule has 2 amide bonds. The number of amides is 2. The lowest BCUT2D eigenvalue weighted by atomic mass is 10.1. The van der Waals surface area contributed by atoms with Crippen LogP contribution in [0.3, 0.4) is 0 Å². The first kappa shape index (κ1) is 16.7. The lowest BCUT2D eigenvalue weighted by Crippen LogP contribution is -2.39. The summed E-state index contributed by atoms with van der Waals surface area (Å²) in [5, 5.41) is 4.89. The number of aromatic amines is 1. The summed E-state index contributed by atoms with van der Waals surface area (Å²) in [6.45, 7) is 1.91. The van der Waals surface area contributed by atoms with Crippen LogP contribution >= 0.6 is 11.6 Å². The van der Waals surface area contributed by atoms with Crippen LogP contribution in [-0.2, 0) is 6.42 Å². The first-order valence-corrected chi connectivity index (χ1v) is 9.11. The van der Waals surface area contributed by atoms with Gasteiger partial charge in [0.2, 0.25) is 0 Å². The van der Waals surface area contributed by atoms with Crippen molar-refractivity contribution in [2.24, 2.45) is 0 Å². The van der Waals surface area contributed by atoms with Crippen LogP contribution < -0.4 is 5.32 Å². The third-order valence-corrected chi connectivity index (χ3v) is 4.99. The average Bonchev–Trinajstić information content (AvgIpc) is 3.30. The normalized spacial score (nSPS) is 13.9. The van der Waals surface area contributed by atoms with Crippen LogP contribution in [0.4, 0.5) is 4.79 Å². The molecule has 0 atom stereocenters. The van der Waals surface area contributed by atoms with Crippen molar-refractivity contribution in [3.63, 3.8) is 0 Å². The topological polar surface area (TPSA) is 48.1 Å². The van der Waals surface area contributed by atoms with E-state index in [1.807, 2.05) is 47.5 Å². The van der Waals surface area contributed by atoms with E-state index in [0.29, 0.717) is 19.6 Å². The van der Waals surface area contributed by atoms with Gasteiger partial charge in [0.05, 0.1) is 0 Å². The number of hydrogen-bond donors (Lipinski definition) is 2. The van der Waals surface area contributed by atoms with Crippen LogP contribution in [0.25, 0.3) is 16.5 Å². The highest BCUT2D eigenvalue weighted by molar-refractivity contribution is 6.31. The van der Waals surface area contributed by atoms with Crippen molar-refractivity contribution in [2.45, 2.75) is 6.42 Å². The Morgan fingerprint density at radius 3 is 2.88 bits per heavy atom. The molecule has 2 heterocycles. The molecule has 4 rings (SSSR count). The van der Waals surface area contributed by atoms with Gasteiger partial charge >= 0.3 is 6.03 Å². The molecule has 2 aromatic carbocycles. The predicted octanol–water partition coefficient (Wildman–Crippen LogP) is 4.47. The van der Waals surface area contributed by atoms with Crippen molar-refractivity contribution in [3.05, 3.63) is 77.0 Å². The number of benzene rings is 2. The number of urea groups is 1. The van der Waals surface area contributed by atoms with Crippen molar-refractivity contribution in [1.29, 1.82) is 0 Å². The summed E-state index contributed by atoms with van der Waals surface area (Å²) >= 11 is 6.02. The van der Waals surface area contributed by atoms with Gasteiger partial charge in [0, 0.05) is 41.8 Å². The molecular weight excluding hydrogens is 346 g/mol. The van der Waals surface area contributed by atoms with Crippen molar-refractivity contribution >= 4 is 34.1 Å². The summed E-state index contributed by atoms with van der Waals surface area (Å²) in [6, 6.07) is 16.0. The summed E-state index contributed by atoms with van der Waals surface area (Å²) in [4.78, 5) is 17.5. The monoisotopic (exact) mass is 365 g/mol. The van der Waals surface area contributed by atoms with Gasteiger partial charge in [-0.05, 0) is 35.3 Å². The first-order chi connectivity index (χ1) is 12.7. The van der Waals surface area contributed by atoms with E-state index in [9.17, 15) is 4.79 Å². The Morgan fingerprint density at radius 1 is 1.19 bits per heavy atom. The SMILES string of the molecule is O=C(NCCc1c[nH]c2cc(Cl)ccc12)N1CC=C(c2ccccc2)C1. The van der Waals surface area contributed by atoms with Crippen LogP contribution in [-0.4, -0.2) is 35.5 Å². The fourth-order valence-corrected chi connectivity index (χ4v) is 3.52. The molecule has 0 unspecified atom stereocenters. The van der Waals surface area contributed by atoms with Gasteiger partial charge in [-0.1, -0.05) is 54.1 Å². The van der Waals surface area contributed by atoms with Crippen molar-refractivity contribution in [2.75, 3.05) is 19.6 Å². The molecule has 0 saturated heterocycles. The molecule has 0 saturated carbocycles. The zero-order chi connectivity index (χ0) is 17.9. The zero-order valence-electron chi connectivity index (χ0n) is 14.3. The number of nitrogens with one attached hydrogen (secondary N) is 2. The Morgan fingerprint density at radius 2 is 2.04 bits per heavy atom. The second kappa shape index (κ2) is 7.26. The van der Waals surface area contributed by atoms with Crippen LogP contribution in [0.1, 0.15) is 11.1 Å². The van der Waals surface area contributed by atoms with Gasteiger partial charge in [-0.2, -0.15) is 0 Å². The maximum atomic E-state index is 12.4. The number of halogens is 1. The maximum absolute atomic E-state index is 12.4. The highest BCUT2D eigenvalue weighted by Crippen LogP contribution is 2.23.